The largest absolute Gasteiger partial charge is 0.311 e. The van der Waals surface area contributed by atoms with Crippen LogP contribution in [0.3, 0.4) is 0 Å². The van der Waals surface area contributed by atoms with E-state index in [1.54, 1.807) is 0 Å². The molecule has 0 saturated heterocycles. The van der Waals surface area contributed by atoms with Gasteiger partial charge in [-0.3, -0.25) is 0 Å². The van der Waals surface area contributed by atoms with Crippen molar-refractivity contribution in [1.29, 1.82) is 0 Å². The van der Waals surface area contributed by atoms with Crippen LogP contribution in [0.1, 0.15) is 56.0 Å². The van der Waals surface area contributed by atoms with Gasteiger partial charge in [0.25, 0.3) is 0 Å². The first-order valence-electron chi connectivity index (χ1n) is 37.8. The maximum Gasteiger partial charge on any atom is 0.0713 e. The molecule has 2 heteroatoms. The Bertz CT molecular complexity index is 6480. The first kappa shape index (κ1) is 62.9. The van der Waals surface area contributed by atoms with Crippen molar-refractivity contribution in [3.8, 4) is 61.3 Å². The van der Waals surface area contributed by atoms with Crippen LogP contribution in [0.2, 0.25) is 0 Å². The number of anilines is 3. The molecule has 0 radical (unpaired) electrons. The second kappa shape index (κ2) is 25.6. The van der Waals surface area contributed by atoms with Gasteiger partial charge in [-0.15, -0.1) is 0 Å². The maximum atomic E-state index is 2.61. The van der Waals surface area contributed by atoms with Gasteiger partial charge in [-0.2, -0.15) is 0 Å². The van der Waals surface area contributed by atoms with Crippen LogP contribution in [0.15, 0.2) is 425 Å². The summed E-state index contributed by atoms with van der Waals surface area (Å²) in [6.45, 7) is 0. The molecule has 2 unspecified atom stereocenters. The number of hydrogen-bond acceptors (Lipinski definition) is 1. The summed E-state index contributed by atoms with van der Waals surface area (Å²) in [6, 6.07) is 152. The minimum absolute atomic E-state index is 0.119. The number of rotatable bonds is 13. The van der Waals surface area contributed by atoms with Crippen LogP contribution in [0.4, 0.5) is 17.1 Å². The lowest BCUT2D eigenvalue weighted by Crippen LogP contribution is -2.35. The summed E-state index contributed by atoms with van der Waals surface area (Å²) in [4.78, 5) is 2.38. The Kier molecular flexibility index (Phi) is 14.9. The molecule has 18 aromatic rings. The Morgan fingerprint density at radius 3 is 1.30 bits per heavy atom. The van der Waals surface area contributed by atoms with E-state index in [9.17, 15) is 0 Å². The van der Waals surface area contributed by atoms with Crippen molar-refractivity contribution < 1.29 is 0 Å². The summed E-state index contributed by atoms with van der Waals surface area (Å²) in [6.07, 6.45) is 7.52. The Morgan fingerprint density at radius 1 is 0.269 bits per heavy atom. The molecule has 0 bridgehead atoms. The van der Waals surface area contributed by atoms with Gasteiger partial charge in [-0.25, -0.2) is 0 Å². The van der Waals surface area contributed by atoms with Crippen LogP contribution in [0, 0.1) is 5.92 Å². The summed E-state index contributed by atoms with van der Waals surface area (Å²) >= 11 is 0. The quantitative estimate of drug-likeness (QED) is 0.104. The minimum Gasteiger partial charge on any atom is -0.311 e. The van der Waals surface area contributed by atoms with E-state index in [-0.39, 0.29) is 11.8 Å². The summed E-state index contributed by atoms with van der Waals surface area (Å²) in [5, 5.41) is 7.37. The molecule has 2 nitrogen and oxygen atoms in total. The monoisotopic (exact) mass is 1370 g/mol. The van der Waals surface area contributed by atoms with E-state index in [0.717, 1.165) is 39.3 Å². The van der Waals surface area contributed by atoms with Crippen molar-refractivity contribution in [2.24, 2.45) is 5.92 Å². The highest BCUT2D eigenvalue weighted by molar-refractivity contribution is 6.22. The Balaban J connectivity index is 0.702. The van der Waals surface area contributed by atoms with Crippen molar-refractivity contribution in [2.75, 3.05) is 4.90 Å². The average molecular weight is 1370 g/mol. The predicted molar refractivity (Wildman–Crippen MR) is 452 cm³/mol. The average Bonchev–Trinajstić information content (AvgIpc) is 1.53. The Hall–Kier alpha value is -13.7. The van der Waals surface area contributed by atoms with Crippen LogP contribution in [0.5, 0.6) is 0 Å². The summed E-state index contributed by atoms with van der Waals surface area (Å²) in [5.41, 5.74) is 30.7. The number of hydrogen-bond donors (Lipinski definition) is 0. The second-order valence-corrected chi connectivity index (χ2v) is 29.3. The third-order valence-corrected chi connectivity index (χ3v) is 23.8. The molecule has 506 valence electrons. The number of fused-ring (bicyclic) bond motifs is 11. The van der Waals surface area contributed by atoms with E-state index in [2.05, 4.69) is 434 Å². The molecule has 3 aliphatic carbocycles. The molecule has 3 aliphatic rings. The molecule has 0 spiro atoms. The number of allylic oxidation sites excluding steroid dienone is 4. The topological polar surface area (TPSA) is 8.17 Å². The third-order valence-electron chi connectivity index (χ3n) is 23.8. The van der Waals surface area contributed by atoms with Crippen LogP contribution in [-0.2, 0) is 10.8 Å². The van der Waals surface area contributed by atoms with Crippen LogP contribution >= 0.6 is 0 Å². The molecule has 21 rings (SSSR count). The van der Waals surface area contributed by atoms with Gasteiger partial charge >= 0.3 is 0 Å². The molecule has 1 heterocycles. The fourth-order valence-electron chi connectivity index (χ4n) is 19.2. The van der Waals surface area contributed by atoms with Gasteiger partial charge in [-0.1, -0.05) is 340 Å². The maximum absolute atomic E-state index is 2.61. The van der Waals surface area contributed by atoms with Crippen LogP contribution in [0.25, 0.3) is 110 Å². The van der Waals surface area contributed by atoms with Gasteiger partial charge in [0.1, 0.15) is 0 Å². The second-order valence-electron chi connectivity index (χ2n) is 29.3. The molecule has 0 N–H and O–H groups in total. The number of nitrogens with zero attached hydrogens (tertiary/aromatic N) is 2. The lowest BCUT2D eigenvalue weighted by molar-refractivity contribution is 0.458. The zero-order chi connectivity index (χ0) is 71.3. The molecule has 0 amide bonds. The van der Waals surface area contributed by atoms with Crippen molar-refractivity contribution in [3.63, 3.8) is 0 Å². The first-order valence-corrected chi connectivity index (χ1v) is 37.8. The van der Waals surface area contributed by atoms with Crippen LogP contribution in [-0.4, -0.2) is 4.57 Å². The van der Waals surface area contributed by atoms with Crippen molar-refractivity contribution in [3.05, 3.63) is 475 Å². The third kappa shape index (κ3) is 9.80. The summed E-state index contributed by atoms with van der Waals surface area (Å²) in [5.74, 6) is 0.316. The standard InChI is InChI=1S/C106H72N2/c1-8-28-72(29-9-1)103-91-44-22-23-45-92(91)104(73-30-10-2-11-31-73)96-68-74(52-63-93(96)103)71-48-55-84(56-49-71)107(83-40-20-7-21-41-83)85-57-59-86(60-58-85)108-101-64-53-75(77-50-61-89-87-42-24-26-46-97(87)105(99(89)69-77,79-32-12-3-13-33-79)80-34-14-4-15-35-80)66-94(101)95-67-76(54-65-102(95)108)78-51-62-90-88-43-25-27-47-98(88)106(100(90)70-78,81-36-16-5-17-37-81)82-38-18-6-19-39-82/h1-70,89,99H. The van der Waals surface area contributed by atoms with Crippen molar-refractivity contribution >= 4 is 66.0 Å². The Morgan fingerprint density at radius 2 is 0.685 bits per heavy atom. The molecular weight excluding hydrogens is 1300 g/mol. The van der Waals surface area contributed by atoms with E-state index in [1.165, 1.54) is 138 Å². The van der Waals surface area contributed by atoms with E-state index >= 15 is 0 Å². The van der Waals surface area contributed by atoms with Crippen molar-refractivity contribution in [1.82, 2.24) is 4.57 Å². The highest BCUT2D eigenvalue weighted by Crippen LogP contribution is 2.61. The summed E-state index contributed by atoms with van der Waals surface area (Å²) in [7, 11) is 0. The van der Waals surface area contributed by atoms with Gasteiger partial charge in [-0.05, 0) is 218 Å². The zero-order valence-electron chi connectivity index (χ0n) is 59.5. The first-order chi connectivity index (χ1) is 53.6. The van der Waals surface area contributed by atoms with E-state index in [0.29, 0.717) is 0 Å². The fraction of sp³-hybridized carbons (Fsp3) is 0.0377. The molecule has 0 aliphatic heterocycles. The lowest BCUT2D eigenvalue weighted by atomic mass is 9.62. The molecule has 108 heavy (non-hydrogen) atoms. The van der Waals surface area contributed by atoms with Crippen LogP contribution < -0.4 is 4.90 Å². The number of benzene rings is 17. The van der Waals surface area contributed by atoms with E-state index in [4.69, 9.17) is 0 Å². The highest BCUT2D eigenvalue weighted by atomic mass is 15.1. The van der Waals surface area contributed by atoms with Gasteiger partial charge in [0.05, 0.1) is 21.9 Å². The van der Waals surface area contributed by atoms with Crippen molar-refractivity contribution in [2.45, 2.75) is 16.7 Å². The normalized spacial score (nSPS) is 15.0. The summed E-state index contributed by atoms with van der Waals surface area (Å²) < 4.78 is 2.49. The van der Waals surface area contributed by atoms with Gasteiger partial charge in [0, 0.05) is 45.4 Å². The SMILES string of the molecule is C1=CC2c3ccccc3C(c3ccccc3)(c3ccccc3)C2C=C1c1ccc2c(c1)c1cc(-c3ccc4c(c3)C(c3ccccc3)(c3ccccc3)c3ccccc3-4)ccc1n2-c1ccc(N(c2ccccc2)c2ccc(-c3ccc4c(-c5ccccc5)c5ccccc5c(-c5ccccc5)c4c3)cc2)cc1. The molecule has 0 saturated carbocycles. The lowest BCUT2D eigenvalue weighted by Gasteiger charge is -2.39. The minimum atomic E-state index is -0.527. The van der Waals surface area contributed by atoms with E-state index < -0.39 is 10.8 Å². The molecule has 1 aromatic heterocycles. The molecule has 0 fully saturated rings. The smallest absolute Gasteiger partial charge is 0.0713 e. The zero-order valence-corrected chi connectivity index (χ0v) is 59.5. The predicted octanol–water partition coefficient (Wildman–Crippen LogP) is 27.3. The van der Waals surface area contributed by atoms with E-state index in [1.807, 2.05) is 0 Å². The molecule has 17 aromatic carbocycles. The Labute approximate surface area is 630 Å². The number of aromatic nitrogens is 1. The van der Waals surface area contributed by atoms with Gasteiger partial charge in [0.15, 0.2) is 0 Å². The van der Waals surface area contributed by atoms with Gasteiger partial charge < -0.3 is 9.47 Å². The fourth-order valence-corrected chi connectivity index (χ4v) is 19.2. The van der Waals surface area contributed by atoms with Gasteiger partial charge in [0.2, 0.25) is 0 Å². The number of para-hydroxylation sites is 1. The molecule has 2 atom stereocenters. The molecular formula is C106H72N2. The highest BCUT2D eigenvalue weighted by Gasteiger charge is 2.53.